The van der Waals surface area contributed by atoms with Crippen LogP contribution in [0.15, 0.2) is 22.7 Å². The molecule has 0 unspecified atom stereocenters. The van der Waals surface area contributed by atoms with Gasteiger partial charge >= 0.3 is 6.09 Å². The highest BCUT2D eigenvalue weighted by Gasteiger charge is 2.27. The highest BCUT2D eigenvalue weighted by molar-refractivity contribution is 9.10. The minimum Gasteiger partial charge on any atom is -0.497 e. The van der Waals surface area contributed by atoms with E-state index in [0.717, 1.165) is 74.7 Å². The van der Waals surface area contributed by atoms with E-state index in [9.17, 15) is 9.59 Å². The molecule has 6 nitrogen and oxygen atoms in total. The number of hydrogen-bond donors (Lipinski definition) is 1. The van der Waals surface area contributed by atoms with Crippen molar-refractivity contribution in [3.63, 3.8) is 0 Å². The number of nitrogens with one attached hydrogen (secondary N) is 1. The number of halogens is 1. The summed E-state index contributed by atoms with van der Waals surface area (Å²) in [6.07, 6.45) is 8.43. The first-order valence-corrected chi connectivity index (χ1v) is 13.5. The molecule has 0 spiro atoms. The zero-order chi connectivity index (χ0) is 24.7. The highest BCUT2D eigenvalue weighted by Crippen LogP contribution is 2.31. The average Bonchev–Trinajstić information content (AvgIpc) is 2.79. The Bertz CT molecular complexity index is 822. The number of amides is 2. The molecule has 2 fully saturated rings. The Morgan fingerprint density at radius 3 is 2.35 bits per heavy atom. The number of carbonyl (C=O) groups is 2. The molecule has 0 aromatic heterocycles. The summed E-state index contributed by atoms with van der Waals surface area (Å²) in [6.45, 7) is 7.35. The van der Waals surface area contributed by atoms with Gasteiger partial charge in [0, 0.05) is 30.0 Å². The minimum atomic E-state index is -0.470. The van der Waals surface area contributed by atoms with Crippen molar-refractivity contribution in [3.05, 3.63) is 28.2 Å². The van der Waals surface area contributed by atoms with Gasteiger partial charge in [0.2, 0.25) is 5.91 Å². The van der Waals surface area contributed by atoms with Crippen LogP contribution in [0.25, 0.3) is 0 Å². The molecule has 0 radical (unpaired) electrons. The number of carbonyl (C=O) groups excluding carboxylic acids is 2. The Kier molecular flexibility index (Phi) is 9.69. The number of likely N-dealkylation sites (tertiary alicyclic amines) is 1. The summed E-state index contributed by atoms with van der Waals surface area (Å²) in [5.74, 6) is 2.36. The van der Waals surface area contributed by atoms with Crippen molar-refractivity contribution in [1.82, 2.24) is 10.2 Å². The molecule has 0 atom stereocenters. The summed E-state index contributed by atoms with van der Waals surface area (Å²) in [4.78, 5) is 26.9. The molecule has 7 heteroatoms. The van der Waals surface area contributed by atoms with Crippen LogP contribution in [-0.4, -0.2) is 48.7 Å². The zero-order valence-corrected chi connectivity index (χ0v) is 22.8. The lowest BCUT2D eigenvalue weighted by Gasteiger charge is -2.33. The Morgan fingerprint density at radius 2 is 1.74 bits per heavy atom. The predicted molar refractivity (Wildman–Crippen MR) is 138 cm³/mol. The summed E-state index contributed by atoms with van der Waals surface area (Å²) >= 11 is 3.66. The van der Waals surface area contributed by atoms with E-state index in [-0.39, 0.29) is 12.1 Å². The molecule has 1 aromatic carbocycles. The van der Waals surface area contributed by atoms with E-state index in [0.29, 0.717) is 24.2 Å². The van der Waals surface area contributed by atoms with Gasteiger partial charge in [0.05, 0.1) is 7.11 Å². The van der Waals surface area contributed by atoms with Crippen molar-refractivity contribution in [3.8, 4) is 5.75 Å². The van der Waals surface area contributed by atoms with Gasteiger partial charge in [-0.1, -0.05) is 15.9 Å². The number of piperidine rings is 1. The van der Waals surface area contributed by atoms with E-state index < -0.39 is 5.60 Å². The summed E-state index contributed by atoms with van der Waals surface area (Å²) in [5.41, 5.74) is 0.808. The molecule has 190 valence electrons. The van der Waals surface area contributed by atoms with E-state index in [1.54, 1.807) is 7.11 Å². The molecule has 3 rings (SSSR count). The molecule has 1 heterocycles. The van der Waals surface area contributed by atoms with E-state index in [1.165, 1.54) is 5.56 Å². The van der Waals surface area contributed by atoms with Gasteiger partial charge in [0.1, 0.15) is 11.4 Å². The van der Waals surface area contributed by atoms with E-state index in [2.05, 4.69) is 32.2 Å². The molecular weight excluding hydrogens is 496 g/mol. The number of ether oxygens (including phenoxy) is 2. The Morgan fingerprint density at radius 1 is 1.06 bits per heavy atom. The van der Waals surface area contributed by atoms with Crippen molar-refractivity contribution in [2.45, 2.75) is 90.2 Å². The van der Waals surface area contributed by atoms with E-state index >= 15 is 0 Å². The number of alkyl carbamates (subject to hydrolysis) is 1. The molecule has 0 bridgehead atoms. The third-order valence-electron chi connectivity index (χ3n) is 7.06. The molecule has 1 aliphatic heterocycles. The van der Waals surface area contributed by atoms with Gasteiger partial charge in [-0.15, -0.1) is 0 Å². The minimum absolute atomic E-state index is 0.186. The fourth-order valence-electron chi connectivity index (χ4n) is 5.09. The van der Waals surface area contributed by atoms with Crippen molar-refractivity contribution < 1.29 is 19.1 Å². The SMILES string of the molecule is COc1ccc(Br)c(CC2CCN(C(=O)CC[C@H]3CC[C@H](NC(=O)OC(C)(C)C)CC3)CC2)c1. The van der Waals surface area contributed by atoms with Gasteiger partial charge in [0.25, 0.3) is 0 Å². The van der Waals surface area contributed by atoms with Gasteiger partial charge in [-0.2, -0.15) is 0 Å². The normalized spacial score (nSPS) is 21.7. The molecule has 1 saturated carbocycles. The lowest BCUT2D eigenvalue weighted by molar-refractivity contribution is -0.133. The van der Waals surface area contributed by atoms with Crippen molar-refractivity contribution in [1.29, 1.82) is 0 Å². The predicted octanol–water partition coefficient (Wildman–Crippen LogP) is 6.10. The van der Waals surface area contributed by atoms with Crippen LogP contribution in [0.2, 0.25) is 0 Å². The fraction of sp³-hybridized carbons (Fsp3) is 0.704. The molecule has 1 aromatic rings. The topological polar surface area (TPSA) is 67.9 Å². The van der Waals surface area contributed by atoms with Crippen molar-refractivity contribution >= 4 is 27.9 Å². The maximum Gasteiger partial charge on any atom is 0.407 e. The van der Waals surface area contributed by atoms with Crippen LogP contribution in [0.3, 0.4) is 0 Å². The Labute approximate surface area is 213 Å². The van der Waals surface area contributed by atoms with Crippen LogP contribution in [0, 0.1) is 11.8 Å². The maximum absolute atomic E-state index is 12.8. The lowest BCUT2D eigenvalue weighted by atomic mass is 9.83. The molecule has 1 aliphatic carbocycles. The fourth-order valence-corrected chi connectivity index (χ4v) is 5.50. The third kappa shape index (κ3) is 8.47. The Hall–Kier alpha value is -1.76. The van der Waals surface area contributed by atoms with Crippen LogP contribution in [0.1, 0.15) is 77.7 Å². The van der Waals surface area contributed by atoms with Gasteiger partial charge < -0.3 is 19.7 Å². The van der Waals surface area contributed by atoms with Crippen molar-refractivity contribution in [2.24, 2.45) is 11.8 Å². The van der Waals surface area contributed by atoms with Crippen molar-refractivity contribution in [2.75, 3.05) is 20.2 Å². The molecule has 2 amide bonds. The highest BCUT2D eigenvalue weighted by atomic mass is 79.9. The summed E-state index contributed by atoms with van der Waals surface area (Å²) < 4.78 is 11.9. The second kappa shape index (κ2) is 12.3. The molecule has 1 saturated heterocycles. The first-order valence-electron chi connectivity index (χ1n) is 12.7. The van der Waals surface area contributed by atoms with Crippen LogP contribution in [0.4, 0.5) is 4.79 Å². The average molecular weight is 538 g/mol. The van der Waals surface area contributed by atoms with Crippen LogP contribution < -0.4 is 10.1 Å². The zero-order valence-electron chi connectivity index (χ0n) is 21.2. The number of methoxy groups -OCH3 is 1. The number of benzene rings is 1. The number of hydrogen-bond acceptors (Lipinski definition) is 4. The maximum atomic E-state index is 12.8. The quantitative estimate of drug-likeness (QED) is 0.456. The molecule has 1 N–H and O–H groups in total. The van der Waals surface area contributed by atoms with Gasteiger partial charge in [-0.3, -0.25) is 4.79 Å². The van der Waals surface area contributed by atoms with Gasteiger partial charge in [0.15, 0.2) is 0 Å². The molecule has 2 aliphatic rings. The summed E-state index contributed by atoms with van der Waals surface area (Å²) in [7, 11) is 1.70. The van der Waals surface area contributed by atoms with Gasteiger partial charge in [-0.05, 0) is 108 Å². The third-order valence-corrected chi connectivity index (χ3v) is 7.84. The smallest absolute Gasteiger partial charge is 0.407 e. The summed E-state index contributed by atoms with van der Waals surface area (Å²) in [5, 5.41) is 3.00. The first-order chi connectivity index (χ1) is 16.1. The largest absolute Gasteiger partial charge is 0.497 e. The van der Waals surface area contributed by atoms with Crippen LogP contribution in [-0.2, 0) is 16.0 Å². The molecule has 34 heavy (non-hydrogen) atoms. The number of rotatable bonds is 7. The van der Waals surface area contributed by atoms with E-state index in [4.69, 9.17) is 9.47 Å². The lowest BCUT2D eigenvalue weighted by Crippen LogP contribution is -2.41. The van der Waals surface area contributed by atoms with Crippen LogP contribution in [0.5, 0.6) is 5.75 Å². The first kappa shape index (κ1) is 26.8. The summed E-state index contributed by atoms with van der Waals surface area (Å²) in [6, 6.07) is 6.32. The molecular formula is C27H41BrN2O4. The Balaban J connectivity index is 1.33. The standard InChI is InChI=1S/C27H41BrN2O4/c1-27(2,3)34-26(32)29-22-8-5-19(6-9-22)7-12-25(31)30-15-13-20(14-16-30)17-21-18-23(33-4)10-11-24(21)28/h10-11,18-20,22H,5-9,12-17H2,1-4H3,(H,29,32)/t19-,22-. The van der Waals surface area contributed by atoms with Gasteiger partial charge in [-0.25, -0.2) is 4.79 Å². The monoisotopic (exact) mass is 536 g/mol. The second-order valence-electron chi connectivity index (χ2n) is 10.9. The van der Waals surface area contributed by atoms with E-state index in [1.807, 2.05) is 32.9 Å². The number of nitrogens with zero attached hydrogens (tertiary/aromatic N) is 1. The second-order valence-corrected chi connectivity index (χ2v) is 11.7. The van der Waals surface area contributed by atoms with Crippen LogP contribution >= 0.6 is 15.9 Å².